The Morgan fingerprint density at radius 2 is 1.83 bits per heavy atom. The smallest absolute Gasteiger partial charge is 0.239 e. The van der Waals surface area contributed by atoms with E-state index in [2.05, 4.69) is 11.9 Å². The second-order valence-corrected chi connectivity index (χ2v) is 3.42. The highest BCUT2D eigenvalue weighted by molar-refractivity contribution is 5.81. The first-order valence-corrected chi connectivity index (χ1v) is 4.34. The number of hydrogen-bond acceptors (Lipinski definition) is 3. The van der Waals surface area contributed by atoms with E-state index in [1.165, 1.54) is 0 Å². The summed E-state index contributed by atoms with van der Waals surface area (Å²) in [5.41, 5.74) is 5.50. The lowest BCUT2D eigenvalue weighted by atomic mass is 10.2. The second kappa shape index (κ2) is 3.87. The molecule has 1 saturated heterocycles. The van der Waals surface area contributed by atoms with Crippen molar-refractivity contribution in [3.8, 4) is 0 Å². The summed E-state index contributed by atoms with van der Waals surface area (Å²) in [6, 6.07) is -0.353. The first-order valence-electron chi connectivity index (χ1n) is 4.34. The Kier molecular flexibility index (Phi) is 3.05. The average molecular weight is 171 g/mol. The SMILES string of the molecule is CC(N)C(=O)N1CCN(C)CC1. The van der Waals surface area contributed by atoms with Gasteiger partial charge in [0, 0.05) is 26.2 Å². The number of nitrogens with two attached hydrogens (primary N) is 1. The van der Waals surface area contributed by atoms with Gasteiger partial charge in [0.05, 0.1) is 6.04 Å². The minimum Gasteiger partial charge on any atom is -0.339 e. The number of carbonyl (C=O) groups excluding carboxylic acids is 1. The summed E-state index contributed by atoms with van der Waals surface area (Å²) in [7, 11) is 2.06. The Balaban J connectivity index is 2.39. The fraction of sp³-hybridized carbons (Fsp3) is 0.875. The van der Waals surface area contributed by atoms with Gasteiger partial charge in [-0.1, -0.05) is 0 Å². The van der Waals surface area contributed by atoms with Gasteiger partial charge in [0.1, 0.15) is 0 Å². The van der Waals surface area contributed by atoms with Gasteiger partial charge in [-0.25, -0.2) is 0 Å². The van der Waals surface area contributed by atoms with E-state index in [0.717, 1.165) is 26.2 Å². The molecule has 0 aromatic carbocycles. The number of likely N-dealkylation sites (N-methyl/N-ethyl adjacent to an activating group) is 1. The molecule has 2 N–H and O–H groups in total. The van der Waals surface area contributed by atoms with Crippen LogP contribution >= 0.6 is 0 Å². The van der Waals surface area contributed by atoms with Gasteiger partial charge in [-0.15, -0.1) is 0 Å². The van der Waals surface area contributed by atoms with Crippen molar-refractivity contribution in [3.05, 3.63) is 0 Å². The van der Waals surface area contributed by atoms with Crippen LogP contribution in [0.25, 0.3) is 0 Å². The summed E-state index contributed by atoms with van der Waals surface area (Å²) in [6.07, 6.45) is 0. The van der Waals surface area contributed by atoms with E-state index < -0.39 is 0 Å². The minimum atomic E-state index is -0.353. The summed E-state index contributed by atoms with van der Waals surface area (Å²) in [5.74, 6) is 0.0723. The monoisotopic (exact) mass is 171 g/mol. The lowest BCUT2D eigenvalue weighted by molar-refractivity contribution is -0.133. The Labute approximate surface area is 73.3 Å². The van der Waals surface area contributed by atoms with Crippen molar-refractivity contribution in [3.63, 3.8) is 0 Å². The van der Waals surface area contributed by atoms with E-state index in [1.807, 2.05) is 4.90 Å². The van der Waals surface area contributed by atoms with E-state index in [9.17, 15) is 4.79 Å². The molecule has 1 atom stereocenters. The van der Waals surface area contributed by atoms with Crippen LogP contribution < -0.4 is 5.73 Å². The molecule has 12 heavy (non-hydrogen) atoms. The van der Waals surface area contributed by atoms with Gasteiger partial charge in [-0.2, -0.15) is 0 Å². The number of piperazine rings is 1. The molecule has 1 aliphatic heterocycles. The van der Waals surface area contributed by atoms with Crippen LogP contribution in [0.4, 0.5) is 0 Å². The van der Waals surface area contributed by atoms with Crippen LogP contribution in [0.2, 0.25) is 0 Å². The van der Waals surface area contributed by atoms with E-state index in [4.69, 9.17) is 5.73 Å². The maximum atomic E-state index is 11.4. The van der Waals surface area contributed by atoms with Crippen LogP contribution in [0.3, 0.4) is 0 Å². The van der Waals surface area contributed by atoms with Crippen molar-refractivity contribution in [1.82, 2.24) is 9.80 Å². The van der Waals surface area contributed by atoms with Crippen LogP contribution in [0, 0.1) is 0 Å². The van der Waals surface area contributed by atoms with Crippen LogP contribution in [0.5, 0.6) is 0 Å². The van der Waals surface area contributed by atoms with Gasteiger partial charge in [-0.05, 0) is 14.0 Å². The Hall–Kier alpha value is -0.610. The normalized spacial score (nSPS) is 22.4. The van der Waals surface area contributed by atoms with Crippen molar-refractivity contribution < 1.29 is 4.79 Å². The summed E-state index contributed by atoms with van der Waals surface area (Å²) < 4.78 is 0. The molecule has 0 bridgehead atoms. The number of hydrogen-bond donors (Lipinski definition) is 1. The molecule has 1 heterocycles. The highest BCUT2D eigenvalue weighted by atomic mass is 16.2. The Morgan fingerprint density at radius 3 is 2.25 bits per heavy atom. The molecule has 1 aliphatic rings. The minimum absolute atomic E-state index is 0.0723. The molecule has 4 heteroatoms. The molecule has 0 aromatic heterocycles. The highest BCUT2D eigenvalue weighted by Crippen LogP contribution is 2.00. The summed E-state index contributed by atoms with van der Waals surface area (Å²) in [6.45, 7) is 5.28. The first-order chi connectivity index (χ1) is 5.61. The quantitative estimate of drug-likeness (QED) is 0.556. The molecular formula is C8H17N3O. The number of carbonyl (C=O) groups is 1. The van der Waals surface area contributed by atoms with Crippen molar-refractivity contribution in [2.75, 3.05) is 33.2 Å². The number of nitrogens with zero attached hydrogens (tertiary/aromatic N) is 2. The van der Waals surface area contributed by atoms with E-state index >= 15 is 0 Å². The van der Waals surface area contributed by atoms with E-state index in [0.29, 0.717) is 0 Å². The van der Waals surface area contributed by atoms with Crippen LogP contribution in [-0.2, 0) is 4.79 Å². The first kappa shape index (κ1) is 9.48. The Morgan fingerprint density at radius 1 is 1.33 bits per heavy atom. The Bertz CT molecular complexity index is 162. The predicted octanol–water partition coefficient (Wildman–Crippen LogP) is -0.892. The molecule has 1 unspecified atom stereocenters. The number of amides is 1. The molecule has 1 amide bonds. The summed E-state index contributed by atoms with van der Waals surface area (Å²) in [4.78, 5) is 15.4. The van der Waals surface area contributed by atoms with Crippen molar-refractivity contribution in [2.24, 2.45) is 5.73 Å². The molecule has 70 valence electrons. The third-order valence-corrected chi connectivity index (χ3v) is 2.20. The van der Waals surface area contributed by atoms with Gasteiger partial charge in [0.25, 0.3) is 0 Å². The predicted molar refractivity (Wildman–Crippen MR) is 47.7 cm³/mol. The maximum absolute atomic E-state index is 11.4. The summed E-state index contributed by atoms with van der Waals surface area (Å²) in [5, 5.41) is 0. The zero-order valence-electron chi connectivity index (χ0n) is 7.79. The van der Waals surface area contributed by atoms with Crippen molar-refractivity contribution in [2.45, 2.75) is 13.0 Å². The zero-order valence-corrected chi connectivity index (χ0v) is 7.79. The van der Waals surface area contributed by atoms with Crippen LogP contribution in [0.15, 0.2) is 0 Å². The fourth-order valence-corrected chi connectivity index (χ4v) is 1.31. The average Bonchev–Trinajstić information content (AvgIpc) is 2.04. The molecule has 0 spiro atoms. The molecule has 0 radical (unpaired) electrons. The molecule has 4 nitrogen and oxygen atoms in total. The fourth-order valence-electron chi connectivity index (χ4n) is 1.31. The van der Waals surface area contributed by atoms with Crippen LogP contribution in [0.1, 0.15) is 6.92 Å². The van der Waals surface area contributed by atoms with E-state index in [-0.39, 0.29) is 11.9 Å². The third kappa shape index (κ3) is 2.19. The molecule has 1 rings (SSSR count). The van der Waals surface area contributed by atoms with Gasteiger partial charge in [0.15, 0.2) is 0 Å². The van der Waals surface area contributed by atoms with Crippen molar-refractivity contribution in [1.29, 1.82) is 0 Å². The lowest BCUT2D eigenvalue weighted by Gasteiger charge is -2.33. The molecule has 0 aromatic rings. The summed E-state index contributed by atoms with van der Waals surface area (Å²) >= 11 is 0. The maximum Gasteiger partial charge on any atom is 0.239 e. The third-order valence-electron chi connectivity index (χ3n) is 2.20. The van der Waals surface area contributed by atoms with Gasteiger partial charge in [-0.3, -0.25) is 4.79 Å². The lowest BCUT2D eigenvalue weighted by Crippen LogP contribution is -2.51. The van der Waals surface area contributed by atoms with Gasteiger partial charge in [0.2, 0.25) is 5.91 Å². The van der Waals surface area contributed by atoms with E-state index in [1.54, 1.807) is 6.92 Å². The largest absolute Gasteiger partial charge is 0.339 e. The van der Waals surface area contributed by atoms with Gasteiger partial charge < -0.3 is 15.5 Å². The molecule has 0 aliphatic carbocycles. The van der Waals surface area contributed by atoms with Crippen molar-refractivity contribution >= 4 is 5.91 Å². The van der Waals surface area contributed by atoms with Gasteiger partial charge >= 0.3 is 0 Å². The molecule has 0 saturated carbocycles. The second-order valence-electron chi connectivity index (χ2n) is 3.42. The highest BCUT2D eigenvalue weighted by Gasteiger charge is 2.20. The standard InChI is InChI=1S/C8H17N3O/c1-7(9)8(12)11-5-3-10(2)4-6-11/h7H,3-6,9H2,1-2H3. The zero-order chi connectivity index (χ0) is 9.14. The van der Waals surface area contributed by atoms with Crippen LogP contribution in [-0.4, -0.2) is 55.0 Å². The molecular weight excluding hydrogens is 154 g/mol. The topological polar surface area (TPSA) is 49.6 Å². The number of rotatable bonds is 1. The molecule has 1 fully saturated rings.